The van der Waals surface area contributed by atoms with Crippen LogP contribution in [0.4, 0.5) is 5.69 Å². The SMILES string of the molecule is COc1ccc(N(C)S(=O)(=O)c2cccc(C(=O)NC3(c4noc(C)n4)CCCCC3)c2)cc1. The number of hydrogen-bond donors (Lipinski definition) is 1. The zero-order valence-electron chi connectivity index (χ0n) is 19.4. The standard InChI is InChI=1S/C24H28N4O5S/c1-17-25-23(27-33-17)24(14-5-4-6-15-24)26-22(29)18-8-7-9-21(16-18)34(30,31)28(2)19-10-12-20(32-3)13-11-19/h7-13,16H,4-6,14-15H2,1-3H3,(H,26,29). The molecular weight excluding hydrogens is 456 g/mol. The van der Waals surface area contributed by atoms with E-state index in [0.717, 1.165) is 19.3 Å². The van der Waals surface area contributed by atoms with Crippen molar-refractivity contribution in [1.29, 1.82) is 0 Å². The van der Waals surface area contributed by atoms with Gasteiger partial charge in [-0.25, -0.2) is 8.42 Å². The predicted octanol–water partition coefficient (Wildman–Crippen LogP) is 3.80. The normalized spacial score (nSPS) is 15.5. The van der Waals surface area contributed by atoms with Gasteiger partial charge in [0.15, 0.2) is 5.82 Å². The van der Waals surface area contributed by atoms with Gasteiger partial charge >= 0.3 is 0 Å². The van der Waals surface area contributed by atoms with Crippen molar-refractivity contribution in [2.24, 2.45) is 0 Å². The summed E-state index contributed by atoms with van der Waals surface area (Å²) in [5, 5.41) is 7.16. The van der Waals surface area contributed by atoms with Crippen LogP contribution >= 0.6 is 0 Å². The fourth-order valence-corrected chi connectivity index (χ4v) is 5.47. The van der Waals surface area contributed by atoms with Crippen LogP contribution in [0.2, 0.25) is 0 Å². The maximum atomic E-state index is 13.3. The molecule has 1 fully saturated rings. The van der Waals surface area contributed by atoms with Gasteiger partial charge in [-0.2, -0.15) is 4.98 Å². The third kappa shape index (κ3) is 4.63. The summed E-state index contributed by atoms with van der Waals surface area (Å²) in [5.41, 5.74) is -0.0133. The number of hydrogen-bond acceptors (Lipinski definition) is 7. The van der Waals surface area contributed by atoms with E-state index in [9.17, 15) is 13.2 Å². The van der Waals surface area contributed by atoms with E-state index in [1.54, 1.807) is 50.4 Å². The Morgan fingerprint density at radius 2 is 1.82 bits per heavy atom. The summed E-state index contributed by atoms with van der Waals surface area (Å²) in [4.78, 5) is 17.7. The minimum Gasteiger partial charge on any atom is -0.497 e. The van der Waals surface area contributed by atoms with E-state index in [4.69, 9.17) is 9.26 Å². The number of carbonyl (C=O) groups is 1. The number of nitrogens with zero attached hydrogens (tertiary/aromatic N) is 3. The monoisotopic (exact) mass is 484 g/mol. The van der Waals surface area contributed by atoms with Gasteiger partial charge in [-0.3, -0.25) is 9.10 Å². The average Bonchev–Trinajstić information content (AvgIpc) is 3.31. The van der Waals surface area contributed by atoms with Crippen LogP contribution < -0.4 is 14.4 Å². The first-order chi connectivity index (χ1) is 16.2. The molecule has 0 bridgehead atoms. The Balaban J connectivity index is 1.60. The molecule has 1 amide bonds. The molecule has 1 aromatic heterocycles. The largest absolute Gasteiger partial charge is 0.497 e. The molecular formula is C24H28N4O5S. The first kappa shape index (κ1) is 23.7. The minimum absolute atomic E-state index is 0.0200. The van der Waals surface area contributed by atoms with Crippen molar-refractivity contribution >= 4 is 21.6 Å². The van der Waals surface area contributed by atoms with E-state index in [1.807, 2.05) is 0 Å². The van der Waals surface area contributed by atoms with Crippen molar-refractivity contribution in [2.75, 3.05) is 18.5 Å². The van der Waals surface area contributed by atoms with Crippen molar-refractivity contribution in [3.63, 3.8) is 0 Å². The molecule has 1 N–H and O–H groups in total. The highest BCUT2D eigenvalue weighted by Crippen LogP contribution is 2.36. The molecule has 9 nitrogen and oxygen atoms in total. The van der Waals surface area contributed by atoms with E-state index >= 15 is 0 Å². The van der Waals surface area contributed by atoms with Crippen LogP contribution in [0.25, 0.3) is 0 Å². The maximum absolute atomic E-state index is 13.3. The molecule has 1 aliphatic rings. The molecule has 0 atom stereocenters. The summed E-state index contributed by atoms with van der Waals surface area (Å²) in [6, 6.07) is 12.7. The number of benzene rings is 2. The lowest BCUT2D eigenvalue weighted by molar-refractivity contribution is 0.0855. The molecule has 0 spiro atoms. The molecule has 0 saturated heterocycles. The first-order valence-electron chi connectivity index (χ1n) is 11.1. The Bertz CT molecular complexity index is 1260. The molecule has 2 aromatic carbocycles. The third-order valence-electron chi connectivity index (χ3n) is 6.21. The molecule has 0 aliphatic heterocycles. The number of carbonyl (C=O) groups excluding carboxylic acids is 1. The minimum atomic E-state index is -3.89. The Morgan fingerprint density at radius 1 is 1.12 bits per heavy atom. The molecule has 1 aliphatic carbocycles. The van der Waals surface area contributed by atoms with E-state index < -0.39 is 15.6 Å². The van der Waals surface area contributed by atoms with E-state index in [-0.39, 0.29) is 16.4 Å². The average molecular weight is 485 g/mol. The Morgan fingerprint density at radius 3 is 2.44 bits per heavy atom. The van der Waals surface area contributed by atoms with E-state index in [1.165, 1.54) is 23.5 Å². The van der Waals surface area contributed by atoms with Crippen molar-refractivity contribution in [2.45, 2.75) is 49.5 Å². The zero-order chi connectivity index (χ0) is 24.3. The van der Waals surface area contributed by atoms with Crippen LogP contribution in [0.15, 0.2) is 57.9 Å². The topological polar surface area (TPSA) is 115 Å². The molecule has 180 valence electrons. The summed E-state index contributed by atoms with van der Waals surface area (Å²) in [5.74, 6) is 1.14. The van der Waals surface area contributed by atoms with Gasteiger partial charge in [0.25, 0.3) is 15.9 Å². The highest BCUT2D eigenvalue weighted by Gasteiger charge is 2.40. The second-order valence-electron chi connectivity index (χ2n) is 8.43. The highest BCUT2D eigenvalue weighted by molar-refractivity contribution is 7.92. The fourth-order valence-electron chi connectivity index (χ4n) is 4.23. The number of aryl methyl sites for hydroxylation is 1. The van der Waals surface area contributed by atoms with Gasteiger partial charge < -0.3 is 14.6 Å². The Kier molecular flexibility index (Phi) is 6.60. The van der Waals surface area contributed by atoms with E-state index in [2.05, 4.69) is 15.5 Å². The molecule has 4 rings (SSSR count). The van der Waals surface area contributed by atoms with Crippen molar-refractivity contribution in [3.05, 3.63) is 65.8 Å². The number of sulfonamides is 1. The summed E-state index contributed by atoms with van der Waals surface area (Å²) >= 11 is 0. The van der Waals surface area contributed by atoms with Gasteiger partial charge in [0, 0.05) is 19.5 Å². The van der Waals surface area contributed by atoms with Gasteiger partial charge in [-0.15, -0.1) is 0 Å². The number of rotatable bonds is 7. The molecule has 34 heavy (non-hydrogen) atoms. The number of methoxy groups -OCH3 is 1. The molecule has 10 heteroatoms. The first-order valence-corrected chi connectivity index (χ1v) is 12.6. The van der Waals surface area contributed by atoms with Gasteiger partial charge in [-0.05, 0) is 55.3 Å². The number of anilines is 1. The van der Waals surface area contributed by atoms with Crippen LogP contribution in [0, 0.1) is 6.92 Å². The number of nitrogens with one attached hydrogen (secondary N) is 1. The number of ether oxygens (including phenoxy) is 1. The van der Waals surface area contributed by atoms with Crippen molar-refractivity contribution in [1.82, 2.24) is 15.5 Å². The van der Waals surface area contributed by atoms with Crippen LogP contribution in [0.3, 0.4) is 0 Å². The van der Waals surface area contributed by atoms with Crippen molar-refractivity contribution < 1.29 is 22.5 Å². The fraction of sp³-hybridized carbons (Fsp3) is 0.375. The van der Waals surface area contributed by atoms with Crippen LogP contribution in [-0.4, -0.2) is 38.6 Å². The second kappa shape index (κ2) is 9.46. The number of amides is 1. The van der Waals surface area contributed by atoms with Gasteiger partial charge in [0.05, 0.1) is 17.7 Å². The van der Waals surface area contributed by atoms with Crippen molar-refractivity contribution in [3.8, 4) is 5.75 Å². The lowest BCUT2D eigenvalue weighted by atomic mass is 9.80. The van der Waals surface area contributed by atoms with Gasteiger partial charge in [0.2, 0.25) is 5.89 Å². The third-order valence-corrected chi connectivity index (χ3v) is 7.99. The number of aromatic nitrogens is 2. The summed E-state index contributed by atoms with van der Waals surface area (Å²) in [6.45, 7) is 1.71. The summed E-state index contributed by atoms with van der Waals surface area (Å²) in [7, 11) is -0.875. The lowest BCUT2D eigenvalue weighted by Crippen LogP contribution is -2.48. The van der Waals surface area contributed by atoms with Crippen LogP contribution in [0.5, 0.6) is 5.75 Å². The van der Waals surface area contributed by atoms with Crippen LogP contribution in [-0.2, 0) is 15.6 Å². The van der Waals surface area contributed by atoms with Gasteiger partial charge in [0.1, 0.15) is 11.3 Å². The molecule has 0 radical (unpaired) electrons. The van der Waals surface area contributed by atoms with Crippen LogP contribution in [0.1, 0.15) is 54.2 Å². The molecule has 3 aromatic rings. The molecule has 1 saturated carbocycles. The van der Waals surface area contributed by atoms with E-state index in [0.29, 0.717) is 36.0 Å². The highest BCUT2D eigenvalue weighted by atomic mass is 32.2. The quantitative estimate of drug-likeness (QED) is 0.542. The Labute approximate surface area is 199 Å². The summed E-state index contributed by atoms with van der Waals surface area (Å²) in [6.07, 6.45) is 4.30. The zero-order valence-corrected chi connectivity index (χ0v) is 20.3. The summed E-state index contributed by atoms with van der Waals surface area (Å²) < 4.78 is 38.0. The molecule has 0 unspecified atom stereocenters. The smallest absolute Gasteiger partial charge is 0.264 e. The second-order valence-corrected chi connectivity index (χ2v) is 10.4. The predicted molar refractivity (Wildman–Crippen MR) is 126 cm³/mol. The Hall–Kier alpha value is -3.40. The molecule has 1 heterocycles. The van der Waals surface area contributed by atoms with Gasteiger partial charge in [-0.1, -0.05) is 30.5 Å². The lowest BCUT2D eigenvalue weighted by Gasteiger charge is -2.35. The maximum Gasteiger partial charge on any atom is 0.264 e.